The van der Waals surface area contributed by atoms with Crippen molar-refractivity contribution in [3.63, 3.8) is 0 Å². The highest BCUT2D eigenvalue weighted by Crippen LogP contribution is 2.29. The van der Waals surface area contributed by atoms with E-state index in [1.165, 1.54) is 0 Å². The average molecular weight is 316 g/mol. The summed E-state index contributed by atoms with van der Waals surface area (Å²) in [5.74, 6) is 1.38. The molecule has 3 rings (SSSR count). The number of hydrogen-bond donors (Lipinski definition) is 1. The number of hydrogen-bond acceptors (Lipinski definition) is 3. The van der Waals surface area contributed by atoms with Gasteiger partial charge in [0.05, 0.1) is 13.0 Å². The Kier molecular flexibility index (Phi) is 5.16. The van der Waals surface area contributed by atoms with Crippen molar-refractivity contribution in [1.29, 1.82) is 0 Å². The average Bonchev–Trinajstić information content (AvgIpc) is 3.41. The van der Waals surface area contributed by atoms with Crippen LogP contribution in [0.3, 0.4) is 0 Å². The summed E-state index contributed by atoms with van der Waals surface area (Å²) < 4.78 is 5.57. The first-order valence-electron chi connectivity index (χ1n) is 8.48. The van der Waals surface area contributed by atoms with Gasteiger partial charge in [0.15, 0.2) is 0 Å². The van der Waals surface area contributed by atoms with Crippen LogP contribution in [0.1, 0.15) is 32.1 Å². The number of carbonyl (C=O) groups excluding carboxylic acids is 2. The third-order valence-corrected chi connectivity index (χ3v) is 4.47. The number of benzene rings is 1. The summed E-state index contributed by atoms with van der Waals surface area (Å²) in [4.78, 5) is 25.8. The first-order valence-corrected chi connectivity index (χ1v) is 8.48. The Bertz CT molecular complexity index is 534. The van der Waals surface area contributed by atoms with E-state index >= 15 is 0 Å². The Morgan fingerprint density at radius 2 is 1.78 bits per heavy atom. The third kappa shape index (κ3) is 4.71. The summed E-state index contributed by atoms with van der Waals surface area (Å²) in [6.45, 7) is 1.85. The summed E-state index contributed by atoms with van der Waals surface area (Å²) in [5.41, 5.74) is 0. The van der Waals surface area contributed by atoms with Gasteiger partial charge < -0.3 is 15.0 Å². The molecule has 1 aromatic carbocycles. The topological polar surface area (TPSA) is 58.6 Å². The number of piperidine rings is 1. The second kappa shape index (κ2) is 7.49. The Morgan fingerprint density at radius 1 is 1.09 bits per heavy atom. The number of nitrogens with zero attached hydrogens (tertiary/aromatic N) is 1. The molecule has 5 heteroatoms. The summed E-state index contributed by atoms with van der Waals surface area (Å²) in [6, 6.07) is 9.77. The second-order valence-corrected chi connectivity index (χ2v) is 6.35. The van der Waals surface area contributed by atoms with E-state index in [4.69, 9.17) is 4.74 Å². The van der Waals surface area contributed by atoms with Crippen LogP contribution in [0.25, 0.3) is 0 Å². The Morgan fingerprint density at radius 3 is 2.43 bits per heavy atom. The molecule has 5 nitrogen and oxygen atoms in total. The van der Waals surface area contributed by atoms with Crippen LogP contribution in [-0.2, 0) is 9.59 Å². The van der Waals surface area contributed by atoms with Gasteiger partial charge in [-0.2, -0.15) is 0 Å². The number of likely N-dealkylation sites (tertiary alicyclic amines) is 1. The van der Waals surface area contributed by atoms with Gasteiger partial charge >= 0.3 is 0 Å². The molecule has 0 bridgehead atoms. The lowest BCUT2D eigenvalue weighted by Crippen LogP contribution is -2.47. The van der Waals surface area contributed by atoms with Gasteiger partial charge in [0, 0.05) is 25.0 Å². The molecule has 1 saturated heterocycles. The molecule has 1 aromatic rings. The highest BCUT2D eigenvalue weighted by Gasteiger charge is 2.32. The molecule has 2 aliphatic rings. The zero-order valence-corrected chi connectivity index (χ0v) is 13.4. The van der Waals surface area contributed by atoms with Gasteiger partial charge in [-0.3, -0.25) is 9.59 Å². The van der Waals surface area contributed by atoms with Crippen LogP contribution in [-0.4, -0.2) is 42.5 Å². The monoisotopic (exact) mass is 316 g/mol. The van der Waals surface area contributed by atoms with Gasteiger partial charge in [-0.15, -0.1) is 0 Å². The summed E-state index contributed by atoms with van der Waals surface area (Å²) in [7, 11) is 0. The fraction of sp³-hybridized carbons (Fsp3) is 0.556. The molecular formula is C18H24N2O3. The fourth-order valence-electron chi connectivity index (χ4n) is 2.87. The van der Waals surface area contributed by atoms with E-state index in [9.17, 15) is 9.59 Å². The van der Waals surface area contributed by atoms with Crippen LogP contribution in [0, 0.1) is 5.92 Å². The Hall–Kier alpha value is -2.04. The largest absolute Gasteiger partial charge is 0.493 e. The second-order valence-electron chi connectivity index (χ2n) is 6.35. The lowest BCUT2D eigenvalue weighted by atomic mass is 10.0. The molecule has 1 saturated carbocycles. The summed E-state index contributed by atoms with van der Waals surface area (Å²) >= 11 is 0. The quantitative estimate of drug-likeness (QED) is 0.873. The maximum atomic E-state index is 12.2. The van der Waals surface area contributed by atoms with Crippen molar-refractivity contribution in [3.8, 4) is 5.75 Å². The minimum absolute atomic E-state index is 0.132. The van der Waals surface area contributed by atoms with Gasteiger partial charge in [-0.05, 0) is 37.8 Å². The van der Waals surface area contributed by atoms with Crippen LogP contribution in [0.5, 0.6) is 5.75 Å². The van der Waals surface area contributed by atoms with Crippen LogP contribution in [0.15, 0.2) is 30.3 Å². The molecule has 23 heavy (non-hydrogen) atoms. The van der Waals surface area contributed by atoms with E-state index in [1.54, 1.807) is 0 Å². The number of amides is 2. The highest BCUT2D eigenvalue weighted by molar-refractivity contribution is 5.81. The molecule has 0 atom stereocenters. The van der Waals surface area contributed by atoms with Crippen molar-refractivity contribution in [2.75, 3.05) is 19.7 Å². The van der Waals surface area contributed by atoms with Crippen molar-refractivity contribution in [2.24, 2.45) is 5.92 Å². The molecule has 0 radical (unpaired) electrons. The van der Waals surface area contributed by atoms with E-state index in [1.807, 2.05) is 35.2 Å². The smallest absolute Gasteiger partial charge is 0.225 e. The van der Waals surface area contributed by atoms with Crippen molar-refractivity contribution in [2.45, 2.75) is 38.1 Å². The zero-order valence-electron chi connectivity index (χ0n) is 13.4. The standard InChI is InChI=1S/C18H24N2O3/c21-17(10-13-23-16-4-2-1-3-5-16)20-11-8-15(9-12-20)19-18(22)14-6-7-14/h1-5,14-15H,6-13H2,(H,19,22). The molecule has 0 unspecified atom stereocenters. The molecule has 1 N–H and O–H groups in total. The summed E-state index contributed by atoms with van der Waals surface area (Å²) in [6.07, 6.45) is 4.16. The lowest BCUT2D eigenvalue weighted by Gasteiger charge is -2.32. The van der Waals surface area contributed by atoms with Gasteiger partial charge in [0.2, 0.25) is 11.8 Å². The Labute approximate surface area is 137 Å². The predicted molar refractivity (Wildman–Crippen MR) is 87.0 cm³/mol. The molecular weight excluding hydrogens is 292 g/mol. The van der Waals surface area contributed by atoms with Gasteiger partial charge in [0.25, 0.3) is 0 Å². The number of rotatable bonds is 6. The molecule has 1 aliphatic carbocycles. The highest BCUT2D eigenvalue weighted by atomic mass is 16.5. The number of ether oxygens (including phenoxy) is 1. The number of carbonyl (C=O) groups is 2. The first-order chi connectivity index (χ1) is 11.2. The molecule has 1 aliphatic heterocycles. The van der Waals surface area contributed by atoms with Crippen molar-refractivity contribution >= 4 is 11.8 Å². The summed E-state index contributed by atoms with van der Waals surface area (Å²) in [5, 5.41) is 3.10. The lowest BCUT2D eigenvalue weighted by molar-refractivity contribution is -0.133. The van der Waals surface area contributed by atoms with Crippen molar-refractivity contribution in [1.82, 2.24) is 10.2 Å². The van der Waals surface area contributed by atoms with Gasteiger partial charge in [0.1, 0.15) is 5.75 Å². The number of para-hydroxylation sites is 1. The molecule has 124 valence electrons. The SMILES string of the molecule is O=C(NC1CCN(C(=O)CCOc2ccccc2)CC1)C1CC1. The molecule has 0 aromatic heterocycles. The minimum atomic E-state index is 0.132. The maximum Gasteiger partial charge on any atom is 0.225 e. The first kappa shape index (κ1) is 15.8. The number of nitrogens with one attached hydrogen (secondary N) is 1. The zero-order chi connectivity index (χ0) is 16.1. The molecule has 2 amide bonds. The minimum Gasteiger partial charge on any atom is -0.493 e. The fourth-order valence-corrected chi connectivity index (χ4v) is 2.87. The Balaban J connectivity index is 1.34. The predicted octanol–water partition coefficient (Wildman–Crippen LogP) is 1.97. The van der Waals surface area contributed by atoms with E-state index < -0.39 is 0 Å². The van der Waals surface area contributed by atoms with Crippen LogP contribution in [0.2, 0.25) is 0 Å². The normalized spacial score (nSPS) is 18.5. The van der Waals surface area contributed by atoms with E-state index in [2.05, 4.69) is 5.32 Å². The molecule has 1 heterocycles. The molecule has 2 fully saturated rings. The van der Waals surface area contributed by atoms with Crippen LogP contribution < -0.4 is 10.1 Å². The maximum absolute atomic E-state index is 12.2. The van der Waals surface area contributed by atoms with E-state index in [0.29, 0.717) is 13.0 Å². The van der Waals surface area contributed by atoms with E-state index in [0.717, 1.165) is 44.5 Å². The van der Waals surface area contributed by atoms with Gasteiger partial charge in [-0.25, -0.2) is 0 Å². The van der Waals surface area contributed by atoms with Crippen molar-refractivity contribution < 1.29 is 14.3 Å². The van der Waals surface area contributed by atoms with Crippen molar-refractivity contribution in [3.05, 3.63) is 30.3 Å². The molecule has 0 spiro atoms. The van der Waals surface area contributed by atoms with Crippen LogP contribution >= 0.6 is 0 Å². The van der Waals surface area contributed by atoms with Gasteiger partial charge in [-0.1, -0.05) is 18.2 Å². The van der Waals surface area contributed by atoms with Crippen LogP contribution in [0.4, 0.5) is 0 Å². The van der Waals surface area contributed by atoms with E-state index in [-0.39, 0.29) is 23.8 Å². The third-order valence-electron chi connectivity index (χ3n) is 4.47.